The van der Waals surface area contributed by atoms with Crippen molar-refractivity contribution in [3.63, 3.8) is 0 Å². The number of thiophene rings is 1. The molecule has 154 valence electrons. The lowest BCUT2D eigenvalue weighted by Crippen LogP contribution is -2.25. The highest BCUT2D eigenvalue weighted by molar-refractivity contribution is 7.19. The van der Waals surface area contributed by atoms with E-state index in [1.807, 2.05) is 13.0 Å². The first kappa shape index (κ1) is 20.2. The highest BCUT2D eigenvalue weighted by Gasteiger charge is 2.26. The summed E-state index contributed by atoms with van der Waals surface area (Å²) in [4.78, 5) is 1.25. The van der Waals surface area contributed by atoms with Crippen molar-refractivity contribution in [1.29, 1.82) is 0 Å². The van der Waals surface area contributed by atoms with Gasteiger partial charge < -0.3 is 9.47 Å². The lowest BCUT2D eigenvalue weighted by molar-refractivity contribution is -0.00456. The summed E-state index contributed by atoms with van der Waals surface area (Å²) >= 11 is 1.57. The van der Waals surface area contributed by atoms with Gasteiger partial charge >= 0.3 is 0 Å². The molecule has 2 nitrogen and oxygen atoms in total. The molecule has 2 aromatic rings. The fraction of sp³-hybridized carbons (Fsp3) is 0.667. The van der Waals surface area contributed by atoms with Gasteiger partial charge in [-0.25, -0.2) is 4.39 Å². The summed E-state index contributed by atoms with van der Waals surface area (Å²) in [6, 6.07) is 5.87. The molecular formula is C24H33FO2S. The summed E-state index contributed by atoms with van der Waals surface area (Å²) in [7, 11) is 0. The minimum Gasteiger partial charge on any atom is -0.491 e. The fourth-order valence-corrected chi connectivity index (χ4v) is 6.05. The molecule has 2 unspecified atom stereocenters. The number of fused-ring (bicyclic) bond motifs is 1. The van der Waals surface area contributed by atoms with Crippen LogP contribution < -0.4 is 4.74 Å². The molecule has 0 spiro atoms. The van der Waals surface area contributed by atoms with Crippen molar-refractivity contribution in [2.75, 3.05) is 13.2 Å². The summed E-state index contributed by atoms with van der Waals surface area (Å²) in [6.07, 6.45) is 10.9. The van der Waals surface area contributed by atoms with Crippen LogP contribution in [0.4, 0.5) is 4.39 Å². The topological polar surface area (TPSA) is 18.5 Å². The zero-order chi connectivity index (χ0) is 19.5. The molecule has 1 aromatic heterocycles. The van der Waals surface area contributed by atoms with Gasteiger partial charge in [0.2, 0.25) is 0 Å². The van der Waals surface area contributed by atoms with Crippen molar-refractivity contribution in [3.8, 4) is 5.75 Å². The van der Waals surface area contributed by atoms with Crippen LogP contribution >= 0.6 is 11.3 Å². The van der Waals surface area contributed by atoms with Gasteiger partial charge in [-0.05, 0) is 68.0 Å². The molecule has 0 bridgehead atoms. The van der Waals surface area contributed by atoms with E-state index in [4.69, 9.17) is 9.47 Å². The summed E-state index contributed by atoms with van der Waals surface area (Å²) < 4.78 is 27.0. The molecule has 1 saturated carbocycles. The summed E-state index contributed by atoms with van der Waals surface area (Å²) in [5, 5.41) is 0.981. The van der Waals surface area contributed by atoms with Crippen molar-refractivity contribution >= 4 is 21.4 Å². The standard InChI is InChI=1S/C24H33FO2S/c1-3-26-21-13-10-18-14-22(28-24(18)23(21)25)19-9-12-20(27-15-19)11-8-17-6-4-16(2)5-7-17/h10,13-14,16-17,19-20H,3-9,11-12,15H2,1-2H3. The second-order valence-electron chi connectivity index (χ2n) is 8.81. The van der Waals surface area contributed by atoms with Crippen molar-refractivity contribution in [3.05, 3.63) is 28.9 Å². The Morgan fingerprint density at radius 3 is 2.64 bits per heavy atom. The van der Waals surface area contributed by atoms with Gasteiger partial charge in [-0.15, -0.1) is 11.3 Å². The highest BCUT2D eigenvalue weighted by atomic mass is 32.1. The number of hydrogen-bond acceptors (Lipinski definition) is 3. The molecule has 1 saturated heterocycles. The molecule has 0 N–H and O–H groups in total. The Balaban J connectivity index is 1.31. The van der Waals surface area contributed by atoms with Crippen LogP contribution in [0.5, 0.6) is 5.75 Å². The molecule has 1 aliphatic heterocycles. The number of ether oxygens (including phenoxy) is 2. The second kappa shape index (κ2) is 9.13. The summed E-state index contributed by atoms with van der Waals surface area (Å²) in [5.74, 6) is 2.40. The highest BCUT2D eigenvalue weighted by Crippen LogP contribution is 2.40. The van der Waals surface area contributed by atoms with Gasteiger partial charge in [-0.3, -0.25) is 0 Å². The molecule has 2 fully saturated rings. The molecular weight excluding hydrogens is 371 g/mol. The Bertz CT molecular complexity index is 770. The molecule has 2 aliphatic rings. The maximum atomic E-state index is 14.7. The average molecular weight is 405 g/mol. The first-order valence-corrected chi connectivity index (χ1v) is 11.9. The van der Waals surface area contributed by atoms with Gasteiger partial charge in [-0.1, -0.05) is 32.6 Å². The molecule has 4 heteroatoms. The minimum atomic E-state index is -0.216. The summed E-state index contributed by atoms with van der Waals surface area (Å²) in [6.45, 7) is 5.53. The van der Waals surface area contributed by atoms with E-state index in [0.717, 1.165) is 41.4 Å². The predicted molar refractivity (Wildman–Crippen MR) is 115 cm³/mol. The normalized spacial score (nSPS) is 28.5. The molecule has 1 aliphatic carbocycles. The van der Waals surface area contributed by atoms with Crippen LogP contribution in [0.1, 0.15) is 76.0 Å². The van der Waals surface area contributed by atoms with Gasteiger partial charge in [-0.2, -0.15) is 0 Å². The van der Waals surface area contributed by atoms with E-state index in [-0.39, 0.29) is 5.82 Å². The quantitative estimate of drug-likeness (QED) is 0.502. The Morgan fingerprint density at radius 2 is 1.93 bits per heavy atom. The van der Waals surface area contributed by atoms with Crippen molar-refractivity contribution in [1.82, 2.24) is 0 Å². The van der Waals surface area contributed by atoms with Crippen LogP contribution in [0.15, 0.2) is 18.2 Å². The zero-order valence-electron chi connectivity index (χ0n) is 17.2. The molecule has 1 aromatic carbocycles. The lowest BCUT2D eigenvalue weighted by atomic mass is 9.80. The van der Waals surface area contributed by atoms with Gasteiger partial charge in [0.05, 0.1) is 24.0 Å². The molecule has 2 heterocycles. The van der Waals surface area contributed by atoms with Crippen LogP contribution in [0.25, 0.3) is 10.1 Å². The van der Waals surface area contributed by atoms with Crippen LogP contribution in [-0.4, -0.2) is 19.3 Å². The number of halogens is 1. The van der Waals surface area contributed by atoms with Gasteiger partial charge in [0.25, 0.3) is 0 Å². The monoisotopic (exact) mass is 404 g/mol. The van der Waals surface area contributed by atoms with Crippen LogP contribution in [0.2, 0.25) is 0 Å². The van der Waals surface area contributed by atoms with E-state index in [0.29, 0.717) is 24.4 Å². The largest absolute Gasteiger partial charge is 0.491 e. The third-order valence-corrected chi connectivity index (χ3v) is 8.02. The van der Waals surface area contributed by atoms with Gasteiger partial charge in [0, 0.05) is 10.8 Å². The third-order valence-electron chi connectivity index (χ3n) is 6.71. The Kier molecular flexibility index (Phi) is 6.57. The number of hydrogen-bond donors (Lipinski definition) is 0. The molecule has 0 amide bonds. The Morgan fingerprint density at radius 1 is 1.11 bits per heavy atom. The third kappa shape index (κ3) is 4.54. The van der Waals surface area contributed by atoms with Crippen LogP contribution in [0.3, 0.4) is 0 Å². The SMILES string of the molecule is CCOc1ccc2cc(C3CCC(CCC4CCC(C)CC4)OC3)sc2c1F. The maximum Gasteiger partial charge on any atom is 0.182 e. The van der Waals surface area contributed by atoms with E-state index in [9.17, 15) is 4.39 Å². The van der Waals surface area contributed by atoms with Gasteiger partial charge in [0.15, 0.2) is 11.6 Å². The van der Waals surface area contributed by atoms with Crippen molar-refractivity contribution in [2.24, 2.45) is 11.8 Å². The minimum absolute atomic E-state index is 0.216. The number of benzene rings is 1. The molecule has 28 heavy (non-hydrogen) atoms. The van der Waals surface area contributed by atoms with Gasteiger partial charge in [0.1, 0.15) is 0 Å². The Labute approximate surface area is 172 Å². The molecule has 4 rings (SSSR count). The molecule has 2 atom stereocenters. The Hall–Kier alpha value is -1.13. The van der Waals surface area contributed by atoms with Crippen LogP contribution in [-0.2, 0) is 4.74 Å². The smallest absolute Gasteiger partial charge is 0.182 e. The first-order valence-electron chi connectivity index (χ1n) is 11.1. The van der Waals surface area contributed by atoms with E-state index in [1.54, 1.807) is 17.4 Å². The zero-order valence-corrected chi connectivity index (χ0v) is 18.0. The number of rotatable bonds is 6. The van der Waals surface area contributed by atoms with Crippen LogP contribution in [0, 0.1) is 17.7 Å². The fourth-order valence-electron chi connectivity index (χ4n) is 4.84. The lowest BCUT2D eigenvalue weighted by Gasteiger charge is -2.31. The van der Waals surface area contributed by atoms with E-state index in [2.05, 4.69) is 13.0 Å². The first-order chi connectivity index (χ1) is 13.6. The average Bonchev–Trinajstić information content (AvgIpc) is 3.15. The van der Waals surface area contributed by atoms with E-state index < -0.39 is 0 Å². The second-order valence-corrected chi connectivity index (χ2v) is 9.89. The van der Waals surface area contributed by atoms with E-state index >= 15 is 0 Å². The van der Waals surface area contributed by atoms with E-state index in [1.165, 1.54) is 43.4 Å². The predicted octanol–water partition coefficient (Wildman–Crippen LogP) is 7.31. The molecule has 0 radical (unpaired) electrons. The maximum absolute atomic E-state index is 14.7. The van der Waals surface area contributed by atoms with Crippen molar-refractivity contribution in [2.45, 2.75) is 77.2 Å². The summed E-state index contributed by atoms with van der Waals surface area (Å²) in [5.41, 5.74) is 0. The van der Waals surface area contributed by atoms with Crippen molar-refractivity contribution < 1.29 is 13.9 Å².